The molecular weight excluding hydrogens is 88.1 g/mol. The molecule has 1 radical (unpaired) electrons. The molecule has 0 spiro atoms. The Morgan fingerprint density at radius 2 is 2.71 bits per heavy atom. The van der Waals surface area contributed by atoms with E-state index in [1.807, 2.05) is 6.08 Å². The van der Waals surface area contributed by atoms with Crippen molar-refractivity contribution in [2.45, 2.75) is 18.9 Å². The van der Waals surface area contributed by atoms with E-state index in [0.29, 0.717) is 6.10 Å². The predicted molar refractivity (Wildman–Crippen MR) is 28.6 cm³/mol. The van der Waals surface area contributed by atoms with E-state index in [4.69, 9.17) is 4.74 Å². The van der Waals surface area contributed by atoms with E-state index in [1.54, 1.807) is 6.26 Å². The first-order chi connectivity index (χ1) is 3.43. The summed E-state index contributed by atoms with van der Waals surface area (Å²) in [6, 6.07) is 0. The van der Waals surface area contributed by atoms with Crippen LogP contribution in [0.3, 0.4) is 0 Å². The third-order valence-electron chi connectivity index (χ3n) is 1.09. The van der Waals surface area contributed by atoms with Gasteiger partial charge >= 0.3 is 0 Å². The maximum atomic E-state index is 5.06. The van der Waals surface area contributed by atoms with Crippen LogP contribution in [0.1, 0.15) is 12.8 Å². The van der Waals surface area contributed by atoms with E-state index in [0.717, 1.165) is 12.8 Å². The Kier molecular flexibility index (Phi) is 1.35. The highest BCUT2D eigenvalue weighted by Crippen LogP contribution is 2.10. The molecule has 39 valence electrons. The lowest BCUT2D eigenvalue weighted by Crippen LogP contribution is -2.00. The van der Waals surface area contributed by atoms with Crippen LogP contribution in [0.25, 0.3) is 0 Å². The largest absolute Gasteiger partial charge is 0.498 e. The first-order valence-corrected chi connectivity index (χ1v) is 2.53. The minimum atomic E-state index is 0.375. The van der Waals surface area contributed by atoms with Crippen molar-refractivity contribution in [1.29, 1.82) is 0 Å². The average molecular weight is 97.1 g/mol. The molecule has 1 atom stereocenters. The van der Waals surface area contributed by atoms with E-state index in [1.165, 1.54) is 0 Å². The van der Waals surface area contributed by atoms with E-state index in [-0.39, 0.29) is 0 Å². The second-order valence-electron chi connectivity index (χ2n) is 1.65. The summed E-state index contributed by atoms with van der Waals surface area (Å²) in [6.07, 6.45) is 6.07. The number of hydrogen-bond acceptors (Lipinski definition) is 1. The molecule has 0 saturated carbocycles. The first kappa shape index (κ1) is 4.69. The average Bonchev–Trinajstić information content (AvgIpc) is 2.14. The van der Waals surface area contributed by atoms with Crippen LogP contribution >= 0.6 is 0 Å². The fourth-order valence-electron chi connectivity index (χ4n) is 0.615. The SMILES string of the molecule is [CH2]CC1CC=CO1. The highest BCUT2D eigenvalue weighted by molar-refractivity contribution is 4.86. The molecule has 1 heteroatoms. The lowest BCUT2D eigenvalue weighted by Gasteiger charge is -2.03. The molecule has 0 fully saturated rings. The van der Waals surface area contributed by atoms with Crippen LogP contribution in [0, 0.1) is 6.92 Å². The van der Waals surface area contributed by atoms with Gasteiger partial charge in [0.1, 0.15) is 6.10 Å². The Morgan fingerprint density at radius 1 is 1.86 bits per heavy atom. The maximum absolute atomic E-state index is 5.06. The summed E-state index contributed by atoms with van der Waals surface area (Å²) in [5, 5.41) is 0. The third-order valence-corrected chi connectivity index (χ3v) is 1.09. The van der Waals surface area contributed by atoms with Gasteiger partial charge < -0.3 is 4.74 Å². The topological polar surface area (TPSA) is 9.23 Å². The van der Waals surface area contributed by atoms with Crippen molar-refractivity contribution in [3.8, 4) is 0 Å². The fraction of sp³-hybridized carbons (Fsp3) is 0.500. The summed E-state index contributed by atoms with van der Waals surface area (Å²) in [6.45, 7) is 3.70. The van der Waals surface area contributed by atoms with Gasteiger partial charge in [-0.05, 0) is 19.4 Å². The fourth-order valence-corrected chi connectivity index (χ4v) is 0.615. The summed E-state index contributed by atoms with van der Waals surface area (Å²) < 4.78 is 5.06. The Labute approximate surface area is 44.0 Å². The molecule has 0 aromatic carbocycles. The zero-order chi connectivity index (χ0) is 5.11. The normalized spacial score (nSPS) is 27.9. The van der Waals surface area contributed by atoms with Crippen molar-refractivity contribution in [2.75, 3.05) is 0 Å². The van der Waals surface area contributed by atoms with Crippen molar-refractivity contribution >= 4 is 0 Å². The molecule has 0 bridgehead atoms. The molecule has 1 aliphatic heterocycles. The second-order valence-corrected chi connectivity index (χ2v) is 1.65. The monoisotopic (exact) mass is 97.1 g/mol. The van der Waals surface area contributed by atoms with E-state index in [9.17, 15) is 0 Å². The Hall–Kier alpha value is -0.460. The summed E-state index contributed by atoms with van der Waals surface area (Å²) in [7, 11) is 0. The molecule has 0 aliphatic carbocycles. The van der Waals surface area contributed by atoms with Gasteiger partial charge in [-0.3, -0.25) is 0 Å². The summed E-state index contributed by atoms with van der Waals surface area (Å²) in [5.41, 5.74) is 0. The quantitative estimate of drug-likeness (QED) is 0.482. The lowest BCUT2D eigenvalue weighted by molar-refractivity contribution is 0.173. The van der Waals surface area contributed by atoms with E-state index >= 15 is 0 Å². The molecule has 1 aliphatic rings. The standard InChI is InChI=1S/C6H9O/c1-2-6-4-3-5-7-6/h3,5-6H,1-2,4H2. The molecule has 1 nitrogen and oxygen atoms in total. The molecule has 0 aromatic heterocycles. The van der Waals surface area contributed by atoms with Gasteiger partial charge in [0, 0.05) is 6.42 Å². The Balaban J connectivity index is 2.22. The minimum Gasteiger partial charge on any atom is -0.498 e. The van der Waals surface area contributed by atoms with Crippen LogP contribution in [0.15, 0.2) is 12.3 Å². The summed E-state index contributed by atoms with van der Waals surface area (Å²) >= 11 is 0. The van der Waals surface area contributed by atoms with Gasteiger partial charge in [-0.1, -0.05) is 0 Å². The molecule has 0 aromatic rings. The van der Waals surface area contributed by atoms with Crippen LogP contribution in [0.2, 0.25) is 0 Å². The van der Waals surface area contributed by atoms with Crippen LogP contribution in [-0.4, -0.2) is 6.10 Å². The van der Waals surface area contributed by atoms with Gasteiger partial charge in [0.05, 0.1) is 6.26 Å². The van der Waals surface area contributed by atoms with Gasteiger partial charge in [-0.2, -0.15) is 0 Å². The molecular formula is C6H9O. The zero-order valence-corrected chi connectivity index (χ0v) is 4.26. The number of ether oxygens (including phenoxy) is 1. The maximum Gasteiger partial charge on any atom is 0.101 e. The third kappa shape index (κ3) is 0.952. The molecule has 0 saturated heterocycles. The van der Waals surface area contributed by atoms with Crippen LogP contribution in [0.4, 0.5) is 0 Å². The molecule has 0 N–H and O–H groups in total. The van der Waals surface area contributed by atoms with Crippen molar-refractivity contribution in [3.63, 3.8) is 0 Å². The molecule has 1 heterocycles. The number of hydrogen-bond donors (Lipinski definition) is 0. The van der Waals surface area contributed by atoms with Gasteiger partial charge in [0.25, 0.3) is 0 Å². The van der Waals surface area contributed by atoms with Crippen molar-refractivity contribution in [3.05, 3.63) is 19.3 Å². The summed E-state index contributed by atoms with van der Waals surface area (Å²) in [4.78, 5) is 0. The molecule has 1 unspecified atom stereocenters. The van der Waals surface area contributed by atoms with Crippen LogP contribution < -0.4 is 0 Å². The Bertz CT molecular complexity index is 68.2. The van der Waals surface area contributed by atoms with Crippen LogP contribution in [-0.2, 0) is 4.74 Å². The van der Waals surface area contributed by atoms with Crippen molar-refractivity contribution in [1.82, 2.24) is 0 Å². The lowest BCUT2D eigenvalue weighted by atomic mass is 10.2. The highest BCUT2D eigenvalue weighted by atomic mass is 16.5. The molecule has 0 amide bonds. The first-order valence-electron chi connectivity index (χ1n) is 2.53. The van der Waals surface area contributed by atoms with Crippen molar-refractivity contribution < 1.29 is 4.74 Å². The zero-order valence-electron chi connectivity index (χ0n) is 4.26. The van der Waals surface area contributed by atoms with Gasteiger partial charge in [0.15, 0.2) is 0 Å². The Morgan fingerprint density at radius 3 is 3.00 bits per heavy atom. The second kappa shape index (κ2) is 2.01. The predicted octanol–water partition coefficient (Wildman–Crippen LogP) is 1.51. The van der Waals surface area contributed by atoms with Gasteiger partial charge in [0.2, 0.25) is 0 Å². The minimum absolute atomic E-state index is 0.375. The van der Waals surface area contributed by atoms with Gasteiger partial charge in [-0.25, -0.2) is 0 Å². The molecule has 7 heavy (non-hydrogen) atoms. The van der Waals surface area contributed by atoms with Gasteiger partial charge in [-0.15, -0.1) is 0 Å². The van der Waals surface area contributed by atoms with E-state index < -0.39 is 0 Å². The summed E-state index contributed by atoms with van der Waals surface area (Å²) in [5.74, 6) is 0. The highest BCUT2D eigenvalue weighted by Gasteiger charge is 2.05. The number of rotatable bonds is 1. The molecule has 1 rings (SSSR count). The van der Waals surface area contributed by atoms with E-state index in [2.05, 4.69) is 6.92 Å². The van der Waals surface area contributed by atoms with Crippen molar-refractivity contribution in [2.24, 2.45) is 0 Å². The van der Waals surface area contributed by atoms with Crippen LogP contribution in [0.5, 0.6) is 0 Å². The smallest absolute Gasteiger partial charge is 0.101 e.